The number of aromatic nitrogens is 1. The standard InChI is InChI=1S/C13H15NO2/c1-8(2)12(15)13(16)10-7-14-11-6-4-3-5-9(10)11/h3-8,13-14,16H,1-2H3. The number of nitrogens with one attached hydrogen (secondary N) is 1. The lowest BCUT2D eigenvalue weighted by Gasteiger charge is -2.11. The Balaban J connectivity index is 2.44. The van der Waals surface area contributed by atoms with Gasteiger partial charge in [0.05, 0.1) is 0 Å². The molecule has 0 saturated carbocycles. The number of hydrogen-bond acceptors (Lipinski definition) is 2. The average Bonchev–Trinajstić information content (AvgIpc) is 2.70. The van der Waals surface area contributed by atoms with Crippen molar-refractivity contribution < 1.29 is 9.90 Å². The number of hydrogen-bond donors (Lipinski definition) is 2. The quantitative estimate of drug-likeness (QED) is 0.829. The van der Waals surface area contributed by atoms with Gasteiger partial charge < -0.3 is 10.1 Å². The van der Waals surface area contributed by atoms with Crippen LogP contribution < -0.4 is 0 Å². The van der Waals surface area contributed by atoms with Crippen LogP contribution in [-0.2, 0) is 4.79 Å². The fourth-order valence-electron chi connectivity index (χ4n) is 1.79. The number of carbonyl (C=O) groups excluding carboxylic acids is 1. The molecule has 0 radical (unpaired) electrons. The van der Waals surface area contributed by atoms with Crippen LogP contribution in [0.15, 0.2) is 30.5 Å². The van der Waals surface area contributed by atoms with Crippen molar-refractivity contribution in [2.45, 2.75) is 20.0 Å². The van der Waals surface area contributed by atoms with Crippen molar-refractivity contribution in [3.05, 3.63) is 36.0 Å². The number of benzene rings is 1. The lowest BCUT2D eigenvalue weighted by Crippen LogP contribution is -2.17. The van der Waals surface area contributed by atoms with Crippen LogP contribution in [0.5, 0.6) is 0 Å². The summed E-state index contributed by atoms with van der Waals surface area (Å²) in [7, 11) is 0. The van der Waals surface area contributed by atoms with Crippen molar-refractivity contribution in [1.29, 1.82) is 0 Å². The highest BCUT2D eigenvalue weighted by Gasteiger charge is 2.22. The van der Waals surface area contributed by atoms with Crippen molar-refractivity contribution in [3.8, 4) is 0 Å². The average molecular weight is 217 g/mol. The van der Waals surface area contributed by atoms with Gasteiger partial charge in [-0.05, 0) is 6.07 Å². The Morgan fingerprint density at radius 1 is 1.31 bits per heavy atom. The maximum absolute atomic E-state index is 11.7. The molecular weight excluding hydrogens is 202 g/mol. The number of ketones is 1. The second kappa shape index (κ2) is 4.10. The second-order valence-corrected chi connectivity index (χ2v) is 4.25. The van der Waals surface area contributed by atoms with Gasteiger partial charge in [-0.2, -0.15) is 0 Å². The molecule has 1 aromatic carbocycles. The fraction of sp³-hybridized carbons (Fsp3) is 0.308. The van der Waals surface area contributed by atoms with Crippen LogP contribution in [0, 0.1) is 5.92 Å². The lowest BCUT2D eigenvalue weighted by molar-refractivity contribution is -0.130. The van der Waals surface area contributed by atoms with Crippen molar-refractivity contribution in [1.82, 2.24) is 4.98 Å². The summed E-state index contributed by atoms with van der Waals surface area (Å²) in [4.78, 5) is 14.8. The van der Waals surface area contributed by atoms with Gasteiger partial charge in [-0.15, -0.1) is 0 Å². The first-order valence-corrected chi connectivity index (χ1v) is 5.39. The van der Waals surface area contributed by atoms with E-state index in [1.807, 2.05) is 24.3 Å². The topological polar surface area (TPSA) is 53.1 Å². The minimum Gasteiger partial charge on any atom is -0.380 e. The number of Topliss-reactive ketones (excluding diaryl/α,β-unsaturated/α-hetero) is 1. The van der Waals surface area contributed by atoms with Crippen LogP contribution >= 0.6 is 0 Å². The third-order valence-corrected chi connectivity index (χ3v) is 2.75. The first kappa shape index (κ1) is 10.9. The van der Waals surface area contributed by atoms with Gasteiger partial charge in [0, 0.05) is 28.6 Å². The summed E-state index contributed by atoms with van der Waals surface area (Å²) in [6.45, 7) is 3.58. The number of rotatable bonds is 3. The maximum atomic E-state index is 11.7. The predicted molar refractivity (Wildman–Crippen MR) is 63.1 cm³/mol. The molecule has 0 amide bonds. The molecule has 16 heavy (non-hydrogen) atoms. The fourth-order valence-corrected chi connectivity index (χ4v) is 1.79. The van der Waals surface area contributed by atoms with E-state index in [9.17, 15) is 9.90 Å². The van der Waals surface area contributed by atoms with Gasteiger partial charge in [-0.1, -0.05) is 32.0 Å². The third-order valence-electron chi connectivity index (χ3n) is 2.75. The first-order valence-electron chi connectivity index (χ1n) is 5.39. The van der Waals surface area contributed by atoms with Crippen LogP contribution in [-0.4, -0.2) is 15.9 Å². The van der Waals surface area contributed by atoms with Gasteiger partial charge in [-0.25, -0.2) is 0 Å². The molecule has 3 nitrogen and oxygen atoms in total. The van der Waals surface area contributed by atoms with Crippen molar-refractivity contribution >= 4 is 16.7 Å². The lowest BCUT2D eigenvalue weighted by atomic mass is 9.98. The summed E-state index contributed by atoms with van der Waals surface area (Å²) < 4.78 is 0. The summed E-state index contributed by atoms with van der Waals surface area (Å²) in [6, 6.07) is 7.63. The monoisotopic (exact) mass is 217 g/mol. The van der Waals surface area contributed by atoms with Gasteiger partial charge in [0.15, 0.2) is 5.78 Å². The normalized spacial score (nSPS) is 13.2. The van der Waals surface area contributed by atoms with Crippen LogP contribution in [0.4, 0.5) is 0 Å². The molecule has 2 rings (SSSR count). The number of fused-ring (bicyclic) bond motifs is 1. The molecule has 0 spiro atoms. The molecule has 0 aliphatic rings. The Labute approximate surface area is 94.1 Å². The van der Waals surface area contributed by atoms with Gasteiger partial charge in [0.1, 0.15) is 6.10 Å². The Hall–Kier alpha value is -1.61. The number of para-hydroxylation sites is 1. The zero-order chi connectivity index (χ0) is 11.7. The molecule has 0 aliphatic carbocycles. The SMILES string of the molecule is CC(C)C(=O)C(O)c1c[nH]c2ccccc12. The molecule has 2 aromatic rings. The smallest absolute Gasteiger partial charge is 0.168 e. The molecule has 0 saturated heterocycles. The van der Waals surface area contributed by atoms with Gasteiger partial charge in [0.2, 0.25) is 0 Å². The number of aliphatic hydroxyl groups excluding tert-OH is 1. The first-order chi connectivity index (χ1) is 7.61. The Kier molecular flexibility index (Phi) is 2.79. The third kappa shape index (κ3) is 1.74. The second-order valence-electron chi connectivity index (χ2n) is 4.25. The Bertz CT molecular complexity index is 513. The van der Waals surface area contributed by atoms with E-state index in [-0.39, 0.29) is 11.7 Å². The highest BCUT2D eigenvalue weighted by molar-refractivity contribution is 5.92. The maximum Gasteiger partial charge on any atom is 0.168 e. The molecule has 0 bridgehead atoms. The van der Waals surface area contributed by atoms with E-state index >= 15 is 0 Å². The molecule has 1 heterocycles. The molecular formula is C13H15NO2. The predicted octanol–water partition coefficient (Wildman–Crippen LogP) is 2.43. The Morgan fingerprint density at radius 3 is 2.69 bits per heavy atom. The molecule has 3 heteroatoms. The molecule has 1 atom stereocenters. The van der Waals surface area contributed by atoms with Gasteiger partial charge >= 0.3 is 0 Å². The summed E-state index contributed by atoms with van der Waals surface area (Å²) in [6.07, 6.45) is 0.673. The highest BCUT2D eigenvalue weighted by atomic mass is 16.3. The molecule has 1 unspecified atom stereocenters. The van der Waals surface area contributed by atoms with Crippen LogP contribution in [0.1, 0.15) is 25.5 Å². The van der Waals surface area contributed by atoms with Crippen molar-refractivity contribution in [2.24, 2.45) is 5.92 Å². The molecule has 1 aromatic heterocycles. The molecule has 84 valence electrons. The molecule has 2 N–H and O–H groups in total. The van der Waals surface area contributed by atoms with E-state index < -0.39 is 6.10 Å². The van der Waals surface area contributed by atoms with Crippen LogP contribution in [0.2, 0.25) is 0 Å². The molecule has 0 fully saturated rings. The largest absolute Gasteiger partial charge is 0.380 e. The highest BCUT2D eigenvalue weighted by Crippen LogP contribution is 2.26. The van der Waals surface area contributed by atoms with Crippen molar-refractivity contribution in [2.75, 3.05) is 0 Å². The zero-order valence-electron chi connectivity index (χ0n) is 9.40. The van der Waals surface area contributed by atoms with Gasteiger partial charge in [0.25, 0.3) is 0 Å². The van der Waals surface area contributed by atoms with Crippen LogP contribution in [0.3, 0.4) is 0 Å². The summed E-state index contributed by atoms with van der Waals surface area (Å²) in [5, 5.41) is 10.9. The van der Waals surface area contributed by atoms with Crippen LogP contribution in [0.25, 0.3) is 10.9 Å². The summed E-state index contributed by atoms with van der Waals surface area (Å²) in [5.74, 6) is -0.312. The summed E-state index contributed by atoms with van der Waals surface area (Å²) >= 11 is 0. The van der Waals surface area contributed by atoms with E-state index in [0.29, 0.717) is 5.56 Å². The number of aliphatic hydroxyl groups is 1. The molecule has 0 aliphatic heterocycles. The van der Waals surface area contributed by atoms with E-state index in [4.69, 9.17) is 0 Å². The van der Waals surface area contributed by atoms with E-state index in [1.165, 1.54) is 0 Å². The van der Waals surface area contributed by atoms with E-state index in [2.05, 4.69) is 4.98 Å². The minimum absolute atomic E-state index is 0.148. The Morgan fingerprint density at radius 2 is 2.00 bits per heavy atom. The van der Waals surface area contributed by atoms with Gasteiger partial charge in [-0.3, -0.25) is 4.79 Å². The zero-order valence-corrected chi connectivity index (χ0v) is 9.40. The minimum atomic E-state index is -1.03. The van der Waals surface area contributed by atoms with E-state index in [0.717, 1.165) is 10.9 Å². The van der Waals surface area contributed by atoms with E-state index in [1.54, 1.807) is 20.0 Å². The number of H-pyrrole nitrogens is 1. The van der Waals surface area contributed by atoms with Crippen molar-refractivity contribution in [3.63, 3.8) is 0 Å². The summed E-state index contributed by atoms with van der Waals surface area (Å²) in [5.41, 5.74) is 1.60. The number of carbonyl (C=O) groups is 1. The number of aromatic amines is 1.